The number of nitrogens with one attached hydrogen (secondary N) is 2. The molecule has 8 heteroatoms. The fourth-order valence-electron chi connectivity index (χ4n) is 3.21. The normalized spacial score (nSPS) is 11.0. The highest BCUT2D eigenvalue weighted by Crippen LogP contribution is 2.20. The third-order valence-electron chi connectivity index (χ3n) is 4.89. The van der Waals surface area contributed by atoms with Crippen LogP contribution in [0.1, 0.15) is 22.3 Å². The predicted molar refractivity (Wildman–Crippen MR) is 139 cm³/mol. The highest BCUT2D eigenvalue weighted by Gasteiger charge is 2.08. The number of aryl methyl sites for hydroxylation is 1. The molecule has 1 aromatic heterocycles. The number of nitrogens with zero attached hydrogens (tertiary/aromatic N) is 3. The van der Waals surface area contributed by atoms with Gasteiger partial charge in [0.15, 0.2) is 5.96 Å². The van der Waals surface area contributed by atoms with Gasteiger partial charge in [0, 0.05) is 45.2 Å². The van der Waals surface area contributed by atoms with Crippen LogP contribution in [0.25, 0.3) is 0 Å². The van der Waals surface area contributed by atoms with Gasteiger partial charge in [0.05, 0.1) is 13.2 Å². The van der Waals surface area contributed by atoms with Crippen molar-refractivity contribution in [2.75, 3.05) is 27.4 Å². The third-order valence-corrected chi connectivity index (χ3v) is 4.89. The van der Waals surface area contributed by atoms with Crippen LogP contribution in [-0.2, 0) is 24.4 Å². The zero-order valence-corrected chi connectivity index (χ0v) is 21.2. The summed E-state index contributed by atoms with van der Waals surface area (Å²) in [4.78, 5) is 4.36. The molecule has 0 atom stereocenters. The molecule has 0 saturated carbocycles. The fourth-order valence-corrected chi connectivity index (χ4v) is 3.21. The van der Waals surface area contributed by atoms with Crippen LogP contribution in [0.15, 0.2) is 65.9 Å². The smallest absolute Gasteiger partial charge is 0.191 e. The molecule has 0 aliphatic carbocycles. The van der Waals surface area contributed by atoms with Gasteiger partial charge in [-0.25, -0.2) is 0 Å². The Morgan fingerprint density at radius 2 is 1.75 bits per heavy atom. The van der Waals surface area contributed by atoms with Crippen LogP contribution < -0.4 is 15.4 Å². The first-order valence-electron chi connectivity index (χ1n) is 10.4. The summed E-state index contributed by atoms with van der Waals surface area (Å²) in [5, 5.41) is 11.1. The number of aromatic nitrogens is 2. The van der Waals surface area contributed by atoms with Crippen LogP contribution >= 0.6 is 24.0 Å². The van der Waals surface area contributed by atoms with E-state index in [9.17, 15) is 0 Å². The van der Waals surface area contributed by atoms with Crippen molar-refractivity contribution in [2.45, 2.75) is 26.6 Å². The van der Waals surface area contributed by atoms with Gasteiger partial charge in [-0.1, -0.05) is 36.4 Å². The highest BCUT2D eigenvalue weighted by atomic mass is 127. The summed E-state index contributed by atoms with van der Waals surface area (Å²) in [6.07, 6.45) is 3.77. The first-order valence-corrected chi connectivity index (χ1v) is 10.4. The topological polar surface area (TPSA) is 72.7 Å². The van der Waals surface area contributed by atoms with Crippen LogP contribution in [0.3, 0.4) is 0 Å². The molecule has 2 aromatic carbocycles. The molecule has 3 rings (SSSR count). The van der Waals surface area contributed by atoms with Crippen molar-refractivity contribution >= 4 is 29.9 Å². The quantitative estimate of drug-likeness (QED) is 0.175. The average Bonchev–Trinajstić information content (AvgIpc) is 3.29. The average molecular weight is 549 g/mol. The van der Waals surface area contributed by atoms with E-state index in [0.29, 0.717) is 26.3 Å². The van der Waals surface area contributed by atoms with Gasteiger partial charge in [-0.3, -0.25) is 9.67 Å². The summed E-state index contributed by atoms with van der Waals surface area (Å²) < 4.78 is 12.9. The number of rotatable bonds is 10. The van der Waals surface area contributed by atoms with E-state index in [-0.39, 0.29) is 24.0 Å². The molecule has 1 heterocycles. The van der Waals surface area contributed by atoms with E-state index in [0.717, 1.165) is 29.4 Å². The number of benzene rings is 2. The zero-order valence-electron chi connectivity index (χ0n) is 18.9. The molecule has 32 heavy (non-hydrogen) atoms. The second-order valence-electron chi connectivity index (χ2n) is 7.20. The molecule has 0 saturated heterocycles. The van der Waals surface area contributed by atoms with Crippen molar-refractivity contribution < 1.29 is 9.47 Å². The fraction of sp³-hybridized carbons (Fsp3) is 0.333. The number of halogens is 1. The van der Waals surface area contributed by atoms with Crippen LogP contribution in [0.5, 0.6) is 5.75 Å². The molecule has 0 spiro atoms. The molecular weight excluding hydrogens is 517 g/mol. The van der Waals surface area contributed by atoms with Crippen molar-refractivity contribution in [3.05, 3.63) is 83.2 Å². The summed E-state index contributed by atoms with van der Waals surface area (Å²) in [6, 6.07) is 16.5. The van der Waals surface area contributed by atoms with Crippen LogP contribution in [0, 0.1) is 6.92 Å². The minimum absolute atomic E-state index is 0. The Morgan fingerprint density at radius 1 is 1.00 bits per heavy atom. The first kappa shape index (κ1) is 25.7. The molecule has 0 unspecified atom stereocenters. The second-order valence-corrected chi connectivity index (χ2v) is 7.20. The number of hydrogen-bond donors (Lipinski definition) is 2. The number of ether oxygens (including phenoxy) is 2. The third kappa shape index (κ3) is 7.83. The monoisotopic (exact) mass is 549 g/mol. The van der Waals surface area contributed by atoms with Gasteiger partial charge in [0.1, 0.15) is 12.4 Å². The Bertz CT molecular complexity index is 976. The van der Waals surface area contributed by atoms with E-state index >= 15 is 0 Å². The van der Waals surface area contributed by atoms with Gasteiger partial charge in [0.25, 0.3) is 0 Å². The van der Waals surface area contributed by atoms with Crippen molar-refractivity contribution in [1.82, 2.24) is 20.4 Å². The number of hydrogen-bond acceptors (Lipinski definition) is 4. The van der Waals surface area contributed by atoms with Crippen LogP contribution in [0.2, 0.25) is 0 Å². The molecule has 3 aromatic rings. The zero-order chi connectivity index (χ0) is 21.9. The van der Waals surface area contributed by atoms with Gasteiger partial charge in [0.2, 0.25) is 0 Å². The molecule has 0 radical (unpaired) electrons. The molecule has 0 bridgehead atoms. The highest BCUT2D eigenvalue weighted by molar-refractivity contribution is 14.0. The molecule has 0 fully saturated rings. The van der Waals surface area contributed by atoms with Gasteiger partial charge in [-0.15, -0.1) is 24.0 Å². The summed E-state index contributed by atoms with van der Waals surface area (Å²) in [5.41, 5.74) is 4.66. The Morgan fingerprint density at radius 3 is 2.44 bits per heavy atom. The SMILES string of the molecule is CN=C(NCc1ccccc1Cn1cccn1)NCc1ccc(C)cc1OCCOC.I. The van der Waals surface area contributed by atoms with E-state index in [1.807, 2.05) is 23.0 Å². The van der Waals surface area contributed by atoms with Gasteiger partial charge in [-0.2, -0.15) is 5.10 Å². The lowest BCUT2D eigenvalue weighted by Crippen LogP contribution is -2.36. The van der Waals surface area contributed by atoms with E-state index in [1.165, 1.54) is 11.1 Å². The maximum Gasteiger partial charge on any atom is 0.191 e. The number of methoxy groups -OCH3 is 1. The lowest BCUT2D eigenvalue weighted by atomic mass is 10.1. The van der Waals surface area contributed by atoms with E-state index < -0.39 is 0 Å². The maximum atomic E-state index is 5.89. The Balaban J connectivity index is 0.00000363. The van der Waals surface area contributed by atoms with E-state index in [1.54, 1.807) is 20.4 Å². The van der Waals surface area contributed by atoms with Gasteiger partial charge in [-0.05, 0) is 35.7 Å². The standard InChI is InChI=1S/C24H31N5O2.HI/c1-19-9-10-21(23(15-19)31-14-13-30-3)17-27-24(25-2)26-16-20-7-4-5-8-22(20)18-29-12-6-11-28-29;/h4-12,15H,13-14,16-18H2,1-3H3,(H2,25,26,27);1H. The van der Waals surface area contributed by atoms with Gasteiger partial charge >= 0.3 is 0 Å². The Labute approximate surface area is 207 Å². The van der Waals surface area contributed by atoms with Crippen molar-refractivity contribution in [3.8, 4) is 5.75 Å². The lowest BCUT2D eigenvalue weighted by molar-refractivity contribution is 0.145. The van der Waals surface area contributed by atoms with Gasteiger partial charge < -0.3 is 20.1 Å². The Kier molecular flexibility index (Phi) is 11.0. The summed E-state index contributed by atoms with van der Waals surface area (Å²) in [7, 11) is 3.45. The van der Waals surface area contributed by atoms with E-state index in [4.69, 9.17) is 9.47 Å². The molecule has 7 nitrogen and oxygen atoms in total. The summed E-state index contributed by atoms with van der Waals surface area (Å²) in [6.45, 7) is 5.15. The van der Waals surface area contributed by atoms with Crippen LogP contribution in [-0.4, -0.2) is 43.1 Å². The van der Waals surface area contributed by atoms with Crippen molar-refractivity contribution in [1.29, 1.82) is 0 Å². The lowest BCUT2D eigenvalue weighted by Gasteiger charge is -2.16. The molecule has 2 N–H and O–H groups in total. The van der Waals surface area contributed by atoms with E-state index in [2.05, 4.69) is 64.0 Å². The molecule has 0 aliphatic heterocycles. The second kappa shape index (κ2) is 13.7. The molecular formula is C24H32IN5O2. The maximum absolute atomic E-state index is 5.89. The van der Waals surface area contributed by atoms with Crippen molar-refractivity contribution in [3.63, 3.8) is 0 Å². The molecule has 0 aliphatic rings. The van der Waals surface area contributed by atoms with Crippen molar-refractivity contribution in [2.24, 2.45) is 4.99 Å². The minimum atomic E-state index is 0. The number of guanidine groups is 1. The minimum Gasteiger partial charge on any atom is -0.491 e. The predicted octanol–water partition coefficient (Wildman–Crippen LogP) is 3.75. The largest absolute Gasteiger partial charge is 0.491 e. The van der Waals surface area contributed by atoms with Crippen LogP contribution in [0.4, 0.5) is 0 Å². The molecule has 172 valence electrons. The molecule has 0 amide bonds. The summed E-state index contributed by atoms with van der Waals surface area (Å²) >= 11 is 0. The summed E-state index contributed by atoms with van der Waals surface area (Å²) in [5.74, 6) is 1.60. The first-order chi connectivity index (χ1) is 15.2. The number of aliphatic imine (C=N–C) groups is 1. The Hall–Kier alpha value is -2.59.